The van der Waals surface area contributed by atoms with Crippen molar-refractivity contribution >= 4 is 10.9 Å². The van der Waals surface area contributed by atoms with Gasteiger partial charge in [0.1, 0.15) is 0 Å². The van der Waals surface area contributed by atoms with Crippen molar-refractivity contribution in [3.05, 3.63) is 41.6 Å². The Morgan fingerprint density at radius 1 is 1.32 bits per heavy atom. The van der Waals surface area contributed by atoms with Gasteiger partial charge in [-0.25, -0.2) is 0 Å². The summed E-state index contributed by atoms with van der Waals surface area (Å²) in [5.74, 6) is 0.170. The summed E-state index contributed by atoms with van der Waals surface area (Å²) >= 11 is 0. The molecule has 1 aromatic heterocycles. The molecule has 0 radical (unpaired) electrons. The number of nitrogens with zero attached hydrogens (tertiary/aromatic N) is 1. The summed E-state index contributed by atoms with van der Waals surface area (Å²) in [6.45, 7) is 5.25. The van der Waals surface area contributed by atoms with Gasteiger partial charge in [0.2, 0.25) is 0 Å². The SMILES string of the molecule is Cc1ccc2cc(C(C)(O)C3CCOC3)ccc2n1. The molecule has 1 fully saturated rings. The first-order chi connectivity index (χ1) is 9.07. The molecule has 1 aliphatic rings. The van der Waals surface area contributed by atoms with Crippen LogP contribution in [0.3, 0.4) is 0 Å². The monoisotopic (exact) mass is 257 g/mol. The average molecular weight is 257 g/mol. The highest BCUT2D eigenvalue weighted by atomic mass is 16.5. The number of pyridine rings is 1. The molecule has 3 nitrogen and oxygen atoms in total. The summed E-state index contributed by atoms with van der Waals surface area (Å²) in [6, 6.07) is 10.1. The van der Waals surface area contributed by atoms with Crippen molar-refractivity contribution in [2.24, 2.45) is 5.92 Å². The van der Waals surface area contributed by atoms with Crippen LogP contribution in [0.1, 0.15) is 24.6 Å². The Bertz CT molecular complexity index is 601. The van der Waals surface area contributed by atoms with E-state index in [2.05, 4.69) is 11.1 Å². The molecule has 2 unspecified atom stereocenters. The lowest BCUT2D eigenvalue weighted by Gasteiger charge is -2.29. The Kier molecular flexibility index (Phi) is 3.03. The number of aryl methyl sites for hydroxylation is 1. The number of fused-ring (bicyclic) bond motifs is 1. The molecule has 19 heavy (non-hydrogen) atoms. The molecule has 0 amide bonds. The normalized spacial score (nSPS) is 22.6. The summed E-state index contributed by atoms with van der Waals surface area (Å²) < 4.78 is 5.40. The van der Waals surface area contributed by atoms with E-state index in [-0.39, 0.29) is 5.92 Å². The van der Waals surface area contributed by atoms with Crippen molar-refractivity contribution in [2.45, 2.75) is 25.9 Å². The number of ether oxygens (including phenoxy) is 1. The molecule has 0 bridgehead atoms. The summed E-state index contributed by atoms with van der Waals surface area (Å²) in [6.07, 6.45) is 0.914. The van der Waals surface area contributed by atoms with E-state index in [1.54, 1.807) is 0 Å². The van der Waals surface area contributed by atoms with Gasteiger partial charge >= 0.3 is 0 Å². The molecule has 1 aliphatic heterocycles. The van der Waals surface area contributed by atoms with E-state index in [0.717, 1.165) is 35.2 Å². The van der Waals surface area contributed by atoms with E-state index in [1.807, 2.05) is 38.1 Å². The zero-order valence-corrected chi connectivity index (χ0v) is 11.4. The van der Waals surface area contributed by atoms with Gasteiger partial charge in [-0.15, -0.1) is 0 Å². The van der Waals surface area contributed by atoms with Crippen LogP contribution in [0.4, 0.5) is 0 Å². The van der Waals surface area contributed by atoms with Crippen molar-refractivity contribution in [3.63, 3.8) is 0 Å². The van der Waals surface area contributed by atoms with Crippen LogP contribution in [-0.4, -0.2) is 23.3 Å². The average Bonchev–Trinajstić information content (AvgIpc) is 2.92. The second-order valence-corrected chi connectivity index (χ2v) is 5.57. The molecule has 3 rings (SSSR count). The molecule has 100 valence electrons. The minimum Gasteiger partial charge on any atom is -0.385 e. The van der Waals surface area contributed by atoms with Gasteiger partial charge in [0.25, 0.3) is 0 Å². The fourth-order valence-corrected chi connectivity index (χ4v) is 2.76. The van der Waals surface area contributed by atoms with E-state index in [0.29, 0.717) is 6.61 Å². The van der Waals surface area contributed by atoms with Crippen LogP contribution in [0.25, 0.3) is 10.9 Å². The Labute approximate surface area is 113 Å². The molecule has 2 aromatic rings. The third-order valence-electron chi connectivity index (χ3n) is 4.14. The Hall–Kier alpha value is -1.45. The highest BCUT2D eigenvalue weighted by Gasteiger charge is 2.36. The fourth-order valence-electron chi connectivity index (χ4n) is 2.76. The predicted molar refractivity (Wildman–Crippen MR) is 75.0 cm³/mol. The molecule has 1 N–H and O–H groups in total. The zero-order chi connectivity index (χ0) is 13.5. The van der Waals surface area contributed by atoms with Crippen molar-refractivity contribution < 1.29 is 9.84 Å². The maximum absolute atomic E-state index is 10.8. The van der Waals surface area contributed by atoms with Crippen LogP contribution in [0.2, 0.25) is 0 Å². The maximum atomic E-state index is 10.8. The van der Waals surface area contributed by atoms with Gasteiger partial charge in [-0.3, -0.25) is 4.98 Å². The Balaban J connectivity index is 2.02. The van der Waals surface area contributed by atoms with Crippen molar-refractivity contribution in [3.8, 4) is 0 Å². The molecule has 1 saturated heterocycles. The summed E-state index contributed by atoms with van der Waals surface area (Å²) in [7, 11) is 0. The lowest BCUT2D eigenvalue weighted by molar-refractivity contribution is -0.00960. The second kappa shape index (κ2) is 4.58. The number of aromatic nitrogens is 1. The summed E-state index contributed by atoms with van der Waals surface area (Å²) in [4.78, 5) is 4.49. The molecular formula is C16H19NO2. The lowest BCUT2D eigenvalue weighted by Crippen LogP contribution is -2.32. The second-order valence-electron chi connectivity index (χ2n) is 5.57. The minimum absolute atomic E-state index is 0.170. The standard InChI is InChI=1S/C16H19NO2/c1-11-3-4-12-9-13(5-6-15(12)17-11)16(2,18)14-7-8-19-10-14/h3-6,9,14,18H,7-8,10H2,1-2H3. The van der Waals surface area contributed by atoms with Gasteiger partial charge in [-0.05, 0) is 44.0 Å². The highest BCUT2D eigenvalue weighted by Crippen LogP contribution is 2.35. The quantitative estimate of drug-likeness (QED) is 0.899. The molecule has 3 heteroatoms. The van der Waals surface area contributed by atoms with Gasteiger partial charge in [0, 0.05) is 23.6 Å². The Morgan fingerprint density at radius 3 is 2.89 bits per heavy atom. The van der Waals surface area contributed by atoms with Crippen LogP contribution in [0, 0.1) is 12.8 Å². The summed E-state index contributed by atoms with van der Waals surface area (Å²) in [5, 5.41) is 11.9. The minimum atomic E-state index is -0.838. The molecule has 2 atom stereocenters. The molecule has 0 saturated carbocycles. The van der Waals surface area contributed by atoms with Crippen molar-refractivity contribution in [1.29, 1.82) is 0 Å². The largest absolute Gasteiger partial charge is 0.385 e. The first-order valence-electron chi connectivity index (χ1n) is 6.75. The topological polar surface area (TPSA) is 42.4 Å². The van der Waals surface area contributed by atoms with Gasteiger partial charge in [-0.1, -0.05) is 12.1 Å². The van der Waals surface area contributed by atoms with Gasteiger partial charge in [-0.2, -0.15) is 0 Å². The third-order valence-corrected chi connectivity index (χ3v) is 4.14. The third kappa shape index (κ3) is 2.24. The number of hydrogen-bond acceptors (Lipinski definition) is 3. The van der Waals surface area contributed by atoms with E-state index in [4.69, 9.17) is 4.74 Å². The van der Waals surface area contributed by atoms with Crippen molar-refractivity contribution in [1.82, 2.24) is 4.98 Å². The lowest BCUT2D eigenvalue weighted by atomic mass is 9.82. The first-order valence-corrected chi connectivity index (χ1v) is 6.75. The van der Waals surface area contributed by atoms with Crippen LogP contribution in [0.5, 0.6) is 0 Å². The van der Waals surface area contributed by atoms with E-state index in [9.17, 15) is 5.11 Å². The van der Waals surface area contributed by atoms with E-state index >= 15 is 0 Å². The first kappa shape index (κ1) is 12.6. The van der Waals surface area contributed by atoms with Crippen LogP contribution in [-0.2, 0) is 10.3 Å². The van der Waals surface area contributed by atoms with E-state index < -0.39 is 5.60 Å². The van der Waals surface area contributed by atoms with Crippen LogP contribution >= 0.6 is 0 Å². The van der Waals surface area contributed by atoms with Crippen LogP contribution in [0.15, 0.2) is 30.3 Å². The molecule has 2 heterocycles. The molecule has 1 aromatic carbocycles. The molecule has 0 spiro atoms. The number of rotatable bonds is 2. The van der Waals surface area contributed by atoms with Gasteiger partial charge < -0.3 is 9.84 Å². The Morgan fingerprint density at radius 2 is 2.16 bits per heavy atom. The highest BCUT2D eigenvalue weighted by molar-refractivity contribution is 5.79. The van der Waals surface area contributed by atoms with Gasteiger partial charge in [0.15, 0.2) is 0 Å². The molecule has 0 aliphatic carbocycles. The zero-order valence-electron chi connectivity index (χ0n) is 11.4. The fraction of sp³-hybridized carbons (Fsp3) is 0.438. The number of benzene rings is 1. The summed E-state index contributed by atoms with van der Waals surface area (Å²) in [5.41, 5.74) is 2.09. The van der Waals surface area contributed by atoms with E-state index in [1.165, 1.54) is 0 Å². The van der Waals surface area contributed by atoms with Crippen LogP contribution < -0.4 is 0 Å². The molecular weight excluding hydrogens is 238 g/mol. The number of hydrogen-bond donors (Lipinski definition) is 1. The number of aliphatic hydroxyl groups is 1. The smallest absolute Gasteiger partial charge is 0.0919 e. The van der Waals surface area contributed by atoms with Crippen molar-refractivity contribution in [2.75, 3.05) is 13.2 Å². The predicted octanol–water partition coefficient (Wildman–Crippen LogP) is 2.79. The van der Waals surface area contributed by atoms with Gasteiger partial charge in [0.05, 0.1) is 17.7 Å². The maximum Gasteiger partial charge on any atom is 0.0919 e.